The van der Waals surface area contributed by atoms with E-state index < -0.39 is 0 Å². The molecule has 80 valence electrons. The highest BCUT2D eigenvalue weighted by Crippen LogP contribution is 2.22. The van der Waals surface area contributed by atoms with E-state index in [4.69, 9.17) is 0 Å². The summed E-state index contributed by atoms with van der Waals surface area (Å²) >= 11 is 0. The predicted molar refractivity (Wildman–Crippen MR) is 56.3 cm³/mol. The molecule has 2 saturated heterocycles. The summed E-state index contributed by atoms with van der Waals surface area (Å²) in [5.74, 6) is 1.05. The maximum atomic E-state index is 11.7. The summed E-state index contributed by atoms with van der Waals surface area (Å²) in [5.41, 5.74) is 0. The lowest BCUT2D eigenvalue weighted by molar-refractivity contribution is -0.124. The second kappa shape index (κ2) is 4.41. The fourth-order valence-corrected chi connectivity index (χ4v) is 2.58. The molecule has 0 aromatic heterocycles. The summed E-state index contributed by atoms with van der Waals surface area (Å²) in [7, 11) is 2.16. The SMILES string of the molecule is CN1CCC(C2NCCCC2=O)CC1. The van der Waals surface area contributed by atoms with Gasteiger partial charge in [0.05, 0.1) is 6.04 Å². The molecule has 0 aromatic carbocycles. The molecular formula is C11H20N2O. The van der Waals surface area contributed by atoms with Gasteiger partial charge in [-0.2, -0.15) is 0 Å². The number of ketones is 1. The van der Waals surface area contributed by atoms with Crippen LogP contribution < -0.4 is 5.32 Å². The molecule has 2 heterocycles. The third kappa shape index (κ3) is 2.15. The topological polar surface area (TPSA) is 32.3 Å². The van der Waals surface area contributed by atoms with Crippen molar-refractivity contribution in [2.45, 2.75) is 31.7 Å². The van der Waals surface area contributed by atoms with Crippen molar-refractivity contribution in [1.29, 1.82) is 0 Å². The van der Waals surface area contributed by atoms with Crippen molar-refractivity contribution in [3.05, 3.63) is 0 Å². The van der Waals surface area contributed by atoms with Gasteiger partial charge in [-0.3, -0.25) is 4.79 Å². The Morgan fingerprint density at radius 2 is 2.07 bits per heavy atom. The zero-order valence-electron chi connectivity index (χ0n) is 8.96. The Hall–Kier alpha value is -0.410. The molecule has 1 atom stereocenters. The van der Waals surface area contributed by atoms with Gasteiger partial charge in [-0.05, 0) is 51.9 Å². The average molecular weight is 196 g/mol. The quantitative estimate of drug-likeness (QED) is 0.668. The van der Waals surface area contributed by atoms with E-state index in [0.29, 0.717) is 11.7 Å². The molecule has 0 bridgehead atoms. The Kier molecular flexibility index (Phi) is 3.19. The largest absolute Gasteiger partial charge is 0.307 e. The normalized spacial score (nSPS) is 32.1. The van der Waals surface area contributed by atoms with E-state index in [1.54, 1.807) is 0 Å². The van der Waals surface area contributed by atoms with E-state index in [-0.39, 0.29) is 6.04 Å². The first-order valence-corrected chi connectivity index (χ1v) is 5.72. The molecule has 14 heavy (non-hydrogen) atoms. The molecule has 2 aliphatic heterocycles. The maximum Gasteiger partial charge on any atom is 0.150 e. The molecule has 0 aromatic rings. The Morgan fingerprint density at radius 1 is 1.36 bits per heavy atom. The first-order valence-electron chi connectivity index (χ1n) is 5.72. The smallest absolute Gasteiger partial charge is 0.150 e. The summed E-state index contributed by atoms with van der Waals surface area (Å²) in [4.78, 5) is 14.0. The van der Waals surface area contributed by atoms with Gasteiger partial charge in [-0.15, -0.1) is 0 Å². The first-order chi connectivity index (χ1) is 6.77. The molecule has 0 radical (unpaired) electrons. The zero-order chi connectivity index (χ0) is 9.97. The number of carbonyl (C=O) groups is 1. The van der Waals surface area contributed by atoms with Gasteiger partial charge in [0.1, 0.15) is 5.78 Å². The van der Waals surface area contributed by atoms with Gasteiger partial charge >= 0.3 is 0 Å². The van der Waals surface area contributed by atoms with Crippen molar-refractivity contribution in [2.75, 3.05) is 26.7 Å². The minimum atomic E-state index is 0.178. The number of hydrogen-bond acceptors (Lipinski definition) is 3. The highest BCUT2D eigenvalue weighted by molar-refractivity contribution is 5.85. The second-order valence-electron chi connectivity index (χ2n) is 4.64. The number of carbonyl (C=O) groups excluding carboxylic acids is 1. The van der Waals surface area contributed by atoms with Crippen LogP contribution in [0.1, 0.15) is 25.7 Å². The number of rotatable bonds is 1. The Bertz CT molecular complexity index is 209. The van der Waals surface area contributed by atoms with E-state index >= 15 is 0 Å². The van der Waals surface area contributed by atoms with Crippen LogP contribution in [-0.4, -0.2) is 43.4 Å². The summed E-state index contributed by atoms with van der Waals surface area (Å²) in [6.45, 7) is 3.33. The molecule has 3 nitrogen and oxygen atoms in total. The van der Waals surface area contributed by atoms with Gasteiger partial charge in [0.25, 0.3) is 0 Å². The van der Waals surface area contributed by atoms with Gasteiger partial charge in [0.15, 0.2) is 0 Å². The standard InChI is InChI=1S/C11H20N2O/c1-13-7-4-9(5-8-13)11-10(14)3-2-6-12-11/h9,11-12H,2-8H2,1H3. The molecule has 0 spiro atoms. The van der Waals surface area contributed by atoms with Crippen molar-refractivity contribution in [3.63, 3.8) is 0 Å². The Labute approximate surface area is 85.8 Å². The first kappa shape index (κ1) is 10.1. The second-order valence-corrected chi connectivity index (χ2v) is 4.64. The van der Waals surface area contributed by atoms with Crippen LogP contribution in [0, 0.1) is 5.92 Å². The molecule has 0 saturated carbocycles. The number of nitrogens with one attached hydrogen (secondary N) is 1. The third-order valence-corrected chi connectivity index (χ3v) is 3.55. The fourth-order valence-electron chi connectivity index (χ4n) is 2.58. The highest BCUT2D eigenvalue weighted by atomic mass is 16.1. The number of piperidine rings is 2. The summed E-state index contributed by atoms with van der Waals surface area (Å²) in [5, 5.41) is 3.39. The van der Waals surface area contributed by atoms with Gasteiger partial charge < -0.3 is 10.2 Å². The van der Waals surface area contributed by atoms with Crippen LogP contribution >= 0.6 is 0 Å². The van der Waals surface area contributed by atoms with E-state index in [1.807, 2.05) is 0 Å². The monoisotopic (exact) mass is 196 g/mol. The molecule has 0 amide bonds. The number of likely N-dealkylation sites (tertiary alicyclic amines) is 1. The Balaban J connectivity index is 1.90. The van der Waals surface area contributed by atoms with E-state index in [0.717, 1.165) is 32.5 Å². The predicted octanol–water partition coefficient (Wildman–Crippen LogP) is 0.649. The summed E-state index contributed by atoms with van der Waals surface area (Å²) in [6, 6.07) is 0.178. The molecule has 1 N–H and O–H groups in total. The van der Waals surface area contributed by atoms with E-state index in [2.05, 4.69) is 17.3 Å². The van der Waals surface area contributed by atoms with Crippen molar-refractivity contribution in [1.82, 2.24) is 10.2 Å². The van der Waals surface area contributed by atoms with Gasteiger partial charge in [0, 0.05) is 6.42 Å². The minimum absolute atomic E-state index is 0.178. The highest BCUT2D eigenvalue weighted by Gasteiger charge is 2.31. The molecule has 1 unspecified atom stereocenters. The van der Waals surface area contributed by atoms with Gasteiger partial charge in [-0.25, -0.2) is 0 Å². The molecule has 0 aliphatic carbocycles. The summed E-state index contributed by atoms with van der Waals surface area (Å²) < 4.78 is 0. The maximum absolute atomic E-state index is 11.7. The molecular weight excluding hydrogens is 176 g/mol. The lowest BCUT2D eigenvalue weighted by atomic mass is 9.84. The lowest BCUT2D eigenvalue weighted by Gasteiger charge is -2.35. The van der Waals surface area contributed by atoms with Crippen LogP contribution in [-0.2, 0) is 4.79 Å². The molecule has 2 aliphatic rings. The number of nitrogens with zero attached hydrogens (tertiary/aromatic N) is 1. The Morgan fingerprint density at radius 3 is 2.71 bits per heavy atom. The van der Waals surface area contributed by atoms with Crippen LogP contribution in [0.5, 0.6) is 0 Å². The number of hydrogen-bond donors (Lipinski definition) is 1. The van der Waals surface area contributed by atoms with Crippen LogP contribution in [0.4, 0.5) is 0 Å². The van der Waals surface area contributed by atoms with E-state index in [9.17, 15) is 4.79 Å². The molecule has 3 heteroatoms. The van der Waals surface area contributed by atoms with Crippen molar-refractivity contribution in [3.8, 4) is 0 Å². The van der Waals surface area contributed by atoms with Gasteiger partial charge in [-0.1, -0.05) is 0 Å². The van der Waals surface area contributed by atoms with Gasteiger partial charge in [0.2, 0.25) is 0 Å². The van der Waals surface area contributed by atoms with Crippen molar-refractivity contribution >= 4 is 5.78 Å². The third-order valence-electron chi connectivity index (χ3n) is 3.55. The molecule has 2 fully saturated rings. The molecule has 2 rings (SSSR count). The van der Waals surface area contributed by atoms with Crippen LogP contribution in [0.15, 0.2) is 0 Å². The number of Topliss-reactive ketones (excluding diaryl/α,β-unsaturated/α-hetero) is 1. The fraction of sp³-hybridized carbons (Fsp3) is 0.909. The van der Waals surface area contributed by atoms with Crippen LogP contribution in [0.25, 0.3) is 0 Å². The van der Waals surface area contributed by atoms with Crippen molar-refractivity contribution in [2.24, 2.45) is 5.92 Å². The van der Waals surface area contributed by atoms with Crippen molar-refractivity contribution < 1.29 is 4.79 Å². The van der Waals surface area contributed by atoms with Crippen LogP contribution in [0.2, 0.25) is 0 Å². The summed E-state index contributed by atoms with van der Waals surface area (Å²) in [6.07, 6.45) is 4.19. The van der Waals surface area contributed by atoms with E-state index in [1.165, 1.54) is 12.8 Å². The lowest BCUT2D eigenvalue weighted by Crippen LogP contribution is -2.49. The van der Waals surface area contributed by atoms with Crippen LogP contribution in [0.3, 0.4) is 0 Å². The average Bonchev–Trinajstić information content (AvgIpc) is 2.20. The minimum Gasteiger partial charge on any atom is -0.307 e. The zero-order valence-corrected chi connectivity index (χ0v) is 8.96.